The summed E-state index contributed by atoms with van der Waals surface area (Å²) >= 11 is 0. The van der Waals surface area contributed by atoms with Crippen LogP contribution in [0.4, 0.5) is 0 Å². The fraction of sp³-hybridized carbons (Fsp3) is 0.444. The highest BCUT2D eigenvalue weighted by Crippen LogP contribution is 2.18. The average molecular weight is 447 g/mol. The molecular weight excluding hydrogens is 412 g/mol. The Morgan fingerprint density at radius 1 is 1.00 bits per heavy atom. The van der Waals surface area contributed by atoms with Gasteiger partial charge in [-0.3, -0.25) is 9.59 Å². The van der Waals surface area contributed by atoms with E-state index in [9.17, 15) is 9.59 Å². The first kappa shape index (κ1) is 23.2. The number of carbonyl (C=O) groups excluding carboxylic acids is 1. The molecule has 1 fully saturated rings. The van der Waals surface area contributed by atoms with E-state index in [2.05, 4.69) is 22.1 Å². The number of hydrogen-bond donors (Lipinski definition) is 1. The van der Waals surface area contributed by atoms with Gasteiger partial charge >= 0.3 is 0 Å². The van der Waals surface area contributed by atoms with Crippen LogP contribution in [0.25, 0.3) is 11.0 Å². The largest absolute Gasteiger partial charge is 0.352 e. The molecule has 0 spiro atoms. The molecule has 1 N–H and O–H groups in total. The summed E-state index contributed by atoms with van der Waals surface area (Å²) in [6.07, 6.45) is 4.89. The van der Waals surface area contributed by atoms with Crippen LogP contribution >= 0.6 is 0 Å². The Labute approximate surface area is 195 Å². The van der Waals surface area contributed by atoms with Gasteiger partial charge in [0.15, 0.2) is 0 Å². The second-order valence-electron chi connectivity index (χ2n) is 9.22. The maximum atomic E-state index is 12.9. The molecule has 0 bridgehead atoms. The lowest BCUT2D eigenvalue weighted by Crippen LogP contribution is -2.33. The maximum Gasteiger partial charge on any atom is 0.272 e. The third kappa shape index (κ3) is 5.50. The van der Waals surface area contributed by atoms with E-state index in [0.717, 1.165) is 40.7 Å². The Morgan fingerprint density at radius 2 is 1.70 bits per heavy atom. The Hall–Kier alpha value is -2.99. The number of aromatic nitrogens is 2. The lowest BCUT2D eigenvalue weighted by Gasteiger charge is -2.26. The number of nitrogens with one attached hydrogen (secondary N) is 1. The highest BCUT2D eigenvalue weighted by atomic mass is 16.1. The van der Waals surface area contributed by atoms with E-state index in [1.54, 1.807) is 11.5 Å². The number of aryl methyl sites for hydroxylation is 3. The Morgan fingerprint density at radius 3 is 2.42 bits per heavy atom. The third-order valence-corrected chi connectivity index (χ3v) is 6.67. The van der Waals surface area contributed by atoms with Gasteiger partial charge in [0.25, 0.3) is 11.5 Å². The first-order valence-corrected chi connectivity index (χ1v) is 12.0. The number of hydrogen-bond acceptors (Lipinski definition) is 4. The van der Waals surface area contributed by atoms with Gasteiger partial charge in [-0.25, -0.2) is 4.98 Å². The van der Waals surface area contributed by atoms with Crippen molar-refractivity contribution in [3.63, 3.8) is 0 Å². The van der Waals surface area contributed by atoms with Crippen LogP contribution in [0.15, 0.2) is 41.2 Å². The van der Waals surface area contributed by atoms with Gasteiger partial charge in [0, 0.05) is 12.1 Å². The molecule has 6 heteroatoms. The minimum absolute atomic E-state index is 0.0475. The van der Waals surface area contributed by atoms with Gasteiger partial charge in [-0.15, -0.1) is 0 Å². The Kier molecular flexibility index (Phi) is 7.23. The molecule has 0 atom stereocenters. The van der Waals surface area contributed by atoms with E-state index in [4.69, 9.17) is 0 Å². The molecule has 0 aliphatic carbocycles. The summed E-state index contributed by atoms with van der Waals surface area (Å²) in [5.41, 5.74) is 5.99. The summed E-state index contributed by atoms with van der Waals surface area (Å²) in [4.78, 5) is 32.4. The molecule has 174 valence electrons. The summed E-state index contributed by atoms with van der Waals surface area (Å²) in [5.74, 6) is -0.0475. The van der Waals surface area contributed by atoms with Gasteiger partial charge in [-0.05, 0) is 101 Å². The molecule has 3 aromatic rings. The summed E-state index contributed by atoms with van der Waals surface area (Å²) in [6.45, 7) is 10.4. The summed E-state index contributed by atoms with van der Waals surface area (Å²) in [6, 6.07) is 11.6. The molecule has 2 heterocycles. The lowest BCUT2D eigenvalue weighted by atomic mass is 10.1. The third-order valence-electron chi connectivity index (χ3n) is 6.67. The number of nitrogens with zero attached hydrogens (tertiary/aromatic N) is 3. The van der Waals surface area contributed by atoms with Crippen molar-refractivity contribution in [3.8, 4) is 0 Å². The summed E-state index contributed by atoms with van der Waals surface area (Å²) in [7, 11) is 0. The van der Waals surface area contributed by atoms with Crippen molar-refractivity contribution in [2.24, 2.45) is 0 Å². The fourth-order valence-electron chi connectivity index (χ4n) is 4.52. The first-order chi connectivity index (χ1) is 15.9. The summed E-state index contributed by atoms with van der Waals surface area (Å²) in [5, 5.41) is 3.03. The summed E-state index contributed by atoms with van der Waals surface area (Å²) < 4.78 is 1.78. The minimum atomic E-state index is -0.0821. The van der Waals surface area contributed by atoms with E-state index in [1.165, 1.54) is 32.4 Å². The van der Waals surface area contributed by atoms with Crippen LogP contribution in [-0.4, -0.2) is 46.5 Å². The molecule has 1 amide bonds. The quantitative estimate of drug-likeness (QED) is 0.558. The minimum Gasteiger partial charge on any atom is -0.352 e. The Bertz CT molecular complexity index is 1190. The van der Waals surface area contributed by atoms with Crippen molar-refractivity contribution in [2.45, 2.75) is 53.0 Å². The topological polar surface area (TPSA) is 67.2 Å². The molecule has 0 unspecified atom stereocenters. The molecule has 1 aliphatic heterocycles. The average Bonchev–Trinajstić information content (AvgIpc) is 2.82. The van der Waals surface area contributed by atoms with E-state index in [1.807, 2.05) is 43.3 Å². The molecule has 4 rings (SSSR count). The molecule has 33 heavy (non-hydrogen) atoms. The number of piperidine rings is 1. The van der Waals surface area contributed by atoms with Crippen molar-refractivity contribution in [1.82, 2.24) is 19.8 Å². The van der Waals surface area contributed by atoms with Gasteiger partial charge in [0.05, 0.1) is 17.6 Å². The number of rotatable bonds is 7. The van der Waals surface area contributed by atoms with E-state index in [-0.39, 0.29) is 11.5 Å². The monoisotopic (exact) mass is 446 g/mol. The zero-order valence-electron chi connectivity index (χ0n) is 20.0. The van der Waals surface area contributed by atoms with E-state index >= 15 is 0 Å². The molecule has 6 nitrogen and oxygen atoms in total. The predicted octanol–water partition coefficient (Wildman–Crippen LogP) is 3.98. The molecule has 0 radical (unpaired) electrons. The number of amides is 1. The fourth-order valence-corrected chi connectivity index (χ4v) is 4.52. The van der Waals surface area contributed by atoms with Crippen LogP contribution in [0.5, 0.6) is 0 Å². The smallest absolute Gasteiger partial charge is 0.272 e. The second kappa shape index (κ2) is 10.3. The van der Waals surface area contributed by atoms with Gasteiger partial charge in [-0.1, -0.05) is 18.6 Å². The molecule has 2 aromatic carbocycles. The normalized spacial score (nSPS) is 14.5. The molecule has 1 aromatic heterocycles. The van der Waals surface area contributed by atoms with Crippen molar-refractivity contribution < 1.29 is 4.79 Å². The second-order valence-corrected chi connectivity index (χ2v) is 9.22. The molecular formula is C27H34N4O2. The van der Waals surface area contributed by atoms with Crippen LogP contribution in [0.2, 0.25) is 0 Å². The molecule has 0 saturated carbocycles. The lowest BCUT2D eigenvalue weighted by molar-refractivity contribution is 0.0951. The van der Waals surface area contributed by atoms with Gasteiger partial charge < -0.3 is 14.8 Å². The number of carbonyl (C=O) groups is 1. The van der Waals surface area contributed by atoms with Crippen LogP contribution in [0.1, 0.15) is 58.4 Å². The van der Waals surface area contributed by atoms with Gasteiger partial charge in [0.2, 0.25) is 0 Å². The first-order valence-electron chi connectivity index (χ1n) is 12.0. The van der Waals surface area contributed by atoms with Crippen LogP contribution in [0, 0.1) is 20.8 Å². The van der Waals surface area contributed by atoms with Crippen LogP contribution in [-0.2, 0) is 6.54 Å². The van der Waals surface area contributed by atoms with E-state index < -0.39 is 0 Å². The van der Waals surface area contributed by atoms with Crippen molar-refractivity contribution in [2.75, 3.05) is 26.2 Å². The standard InChI is InChI=1S/C27H34N4O2/c1-19-16-24-25(17-20(19)2)31(27(33)21(3)29-24)18-22-8-10-23(11-9-22)26(32)28-12-7-15-30-13-5-4-6-14-30/h8-11,16-17H,4-7,12-15,18H2,1-3H3,(H,28,32). The van der Waals surface area contributed by atoms with Crippen molar-refractivity contribution in [1.29, 1.82) is 0 Å². The number of likely N-dealkylation sites (tertiary alicyclic amines) is 1. The molecule has 1 saturated heterocycles. The zero-order chi connectivity index (χ0) is 23.4. The highest BCUT2D eigenvalue weighted by Gasteiger charge is 2.12. The molecule has 1 aliphatic rings. The van der Waals surface area contributed by atoms with Crippen LogP contribution < -0.4 is 10.9 Å². The maximum absolute atomic E-state index is 12.9. The Balaban J connectivity index is 1.41. The predicted molar refractivity (Wildman–Crippen MR) is 133 cm³/mol. The van der Waals surface area contributed by atoms with Crippen molar-refractivity contribution >= 4 is 16.9 Å². The van der Waals surface area contributed by atoms with Crippen molar-refractivity contribution in [3.05, 3.63) is 74.7 Å². The SMILES string of the molecule is Cc1cc2nc(C)c(=O)n(Cc3ccc(C(=O)NCCCN4CCCCC4)cc3)c2cc1C. The van der Waals surface area contributed by atoms with E-state index in [0.29, 0.717) is 24.3 Å². The number of benzene rings is 2. The van der Waals surface area contributed by atoms with Gasteiger partial charge in [0.1, 0.15) is 5.69 Å². The number of fused-ring (bicyclic) bond motifs is 1. The van der Waals surface area contributed by atoms with Gasteiger partial charge in [-0.2, -0.15) is 0 Å². The zero-order valence-corrected chi connectivity index (χ0v) is 20.0. The van der Waals surface area contributed by atoms with Crippen LogP contribution in [0.3, 0.4) is 0 Å². The highest BCUT2D eigenvalue weighted by molar-refractivity contribution is 5.94.